The average Bonchev–Trinajstić information content (AvgIpc) is 3.13. The van der Waals surface area contributed by atoms with Crippen LogP contribution < -0.4 is 4.74 Å². The predicted molar refractivity (Wildman–Crippen MR) is 90.5 cm³/mol. The topological polar surface area (TPSA) is 60.5 Å². The fourth-order valence-electron chi connectivity index (χ4n) is 1.92. The molecule has 116 valence electrons. The summed E-state index contributed by atoms with van der Waals surface area (Å²) in [4.78, 5) is 9.67. The van der Waals surface area contributed by atoms with Gasteiger partial charge in [0.15, 0.2) is 5.82 Å². The number of hydrogen-bond donors (Lipinski definition) is 0. The van der Waals surface area contributed by atoms with Crippen LogP contribution in [0.3, 0.4) is 0 Å². The molecule has 0 bridgehead atoms. The highest BCUT2D eigenvalue weighted by Gasteiger charge is 2.04. The Kier molecular flexibility index (Phi) is 5.06. The van der Waals surface area contributed by atoms with Gasteiger partial charge in [-0.2, -0.15) is 4.98 Å². The third-order valence-electron chi connectivity index (χ3n) is 3.10. The molecule has 0 N–H and O–H groups in total. The third kappa shape index (κ3) is 4.20. The molecule has 0 spiro atoms. The van der Waals surface area contributed by atoms with Gasteiger partial charge >= 0.3 is 0 Å². The van der Waals surface area contributed by atoms with Crippen molar-refractivity contribution in [1.82, 2.24) is 10.1 Å². The summed E-state index contributed by atoms with van der Waals surface area (Å²) in [6.07, 6.45) is 3.18. The van der Waals surface area contributed by atoms with Crippen LogP contribution in [0.5, 0.6) is 5.75 Å². The molecule has 3 rings (SSSR count). The van der Waals surface area contributed by atoms with E-state index in [1.165, 1.54) is 6.39 Å². The predicted octanol–water partition coefficient (Wildman–Crippen LogP) is 4.12. The van der Waals surface area contributed by atoms with Crippen LogP contribution in [0.1, 0.15) is 11.4 Å². The van der Waals surface area contributed by atoms with E-state index in [9.17, 15) is 0 Å². The number of methoxy groups -OCH3 is 1. The first kappa shape index (κ1) is 15.3. The van der Waals surface area contributed by atoms with Gasteiger partial charge in [-0.25, -0.2) is 0 Å². The van der Waals surface area contributed by atoms with Crippen LogP contribution in [0.25, 0.3) is 0 Å². The quantitative estimate of drug-likeness (QED) is 0.504. The molecular weight excluding hydrogens is 310 g/mol. The molecule has 0 saturated carbocycles. The van der Waals surface area contributed by atoms with Crippen molar-refractivity contribution in [3.8, 4) is 5.75 Å². The number of rotatable bonds is 6. The van der Waals surface area contributed by atoms with Gasteiger partial charge in [0.05, 0.1) is 18.6 Å². The first-order chi connectivity index (χ1) is 11.3. The van der Waals surface area contributed by atoms with Gasteiger partial charge in [-0.3, -0.25) is 4.99 Å². The highest BCUT2D eigenvalue weighted by molar-refractivity contribution is 7.98. The summed E-state index contributed by atoms with van der Waals surface area (Å²) in [5.41, 5.74) is 1.93. The smallest absolute Gasteiger partial charge is 0.213 e. The molecule has 3 aromatic rings. The lowest BCUT2D eigenvalue weighted by atomic mass is 10.2. The highest BCUT2D eigenvalue weighted by atomic mass is 32.2. The molecule has 2 aromatic carbocycles. The Labute approximate surface area is 138 Å². The largest absolute Gasteiger partial charge is 0.497 e. The summed E-state index contributed by atoms with van der Waals surface area (Å²) < 4.78 is 9.89. The van der Waals surface area contributed by atoms with Gasteiger partial charge in [0, 0.05) is 11.1 Å². The molecule has 1 aromatic heterocycles. The van der Waals surface area contributed by atoms with Crippen LogP contribution in [0, 0.1) is 0 Å². The van der Waals surface area contributed by atoms with Crippen molar-refractivity contribution in [2.75, 3.05) is 7.11 Å². The minimum atomic E-state index is 0.644. The van der Waals surface area contributed by atoms with E-state index in [1.54, 1.807) is 18.9 Å². The summed E-state index contributed by atoms with van der Waals surface area (Å²) in [5.74, 6) is 2.15. The molecule has 0 amide bonds. The van der Waals surface area contributed by atoms with Crippen molar-refractivity contribution in [3.05, 3.63) is 66.3 Å². The molecule has 0 saturated heterocycles. The van der Waals surface area contributed by atoms with Crippen molar-refractivity contribution < 1.29 is 9.26 Å². The van der Waals surface area contributed by atoms with Gasteiger partial charge in [-0.15, -0.1) is 11.8 Å². The maximum absolute atomic E-state index is 5.15. The fraction of sp³-hybridized carbons (Fsp3) is 0.118. The third-order valence-corrected chi connectivity index (χ3v) is 4.16. The van der Waals surface area contributed by atoms with Crippen LogP contribution in [-0.4, -0.2) is 23.5 Å². The summed E-state index contributed by atoms with van der Waals surface area (Å²) >= 11 is 1.63. The molecule has 0 fully saturated rings. The van der Waals surface area contributed by atoms with Crippen LogP contribution in [0.15, 0.2) is 69.3 Å². The minimum absolute atomic E-state index is 0.644. The lowest BCUT2D eigenvalue weighted by Gasteiger charge is -2.03. The summed E-state index contributed by atoms with van der Waals surface area (Å²) in [6.45, 7) is 0. The van der Waals surface area contributed by atoms with E-state index in [2.05, 4.69) is 15.1 Å². The van der Waals surface area contributed by atoms with Crippen molar-refractivity contribution in [3.63, 3.8) is 0 Å². The van der Waals surface area contributed by atoms with Gasteiger partial charge < -0.3 is 9.26 Å². The number of ether oxygens (including phenoxy) is 1. The van der Waals surface area contributed by atoms with Gasteiger partial charge in [-0.1, -0.05) is 17.3 Å². The summed E-state index contributed by atoms with van der Waals surface area (Å²) in [6, 6.07) is 15.7. The van der Waals surface area contributed by atoms with E-state index < -0.39 is 0 Å². The Morgan fingerprint density at radius 2 is 2.00 bits per heavy atom. The number of aromatic nitrogens is 2. The summed E-state index contributed by atoms with van der Waals surface area (Å²) in [7, 11) is 1.65. The lowest BCUT2D eigenvalue weighted by molar-refractivity contribution is 0.412. The molecule has 0 aliphatic carbocycles. The van der Waals surface area contributed by atoms with Crippen LogP contribution in [-0.2, 0) is 5.75 Å². The zero-order valence-electron chi connectivity index (χ0n) is 12.5. The zero-order chi connectivity index (χ0) is 15.9. The SMILES string of the molecule is COc1ccc(C=Nc2ccccc2SCc2ncon2)cc1. The Morgan fingerprint density at radius 3 is 2.74 bits per heavy atom. The fourth-order valence-corrected chi connectivity index (χ4v) is 2.77. The first-order valence-corrected chi connectivity index (χ1v) is 7.99. The number of para-hydroxylation sites is 1. The maximum atomic E-state index is 5.15. The van der Waals surface area contributed by atoms with Crippen molar-refractivity contribution >= 4 is 23.7 Å². The van der Waals surface area contributed by atoms with E-state index in [0.29, 0.717) is 11.6 Å². The van der Waals surface area contributed by atoms with Crippen LogP contribution >= 0.6 is 11.8 Å². The molecule has 6 heteroatoms. The molecule has 0 radical (unpaired) electrons. The molecule has 0 aliphatic rings. The molecule has 0 atom stereocenters. The van der Waals surface area contributed by atoms with Gasteiger partial charge in [0.25, 0.3) is 0 Å². The second kappa shape index (κ2) is 7.60. The van der Waals surface area contributed by atoms with Gasteiger partial charge in [0.2, 0.25) is 6.39 Å². The standard InChI is InChI=1S/C17H15N3O2S/c1-21-14-8-6-13(7-9-14)10-18-15-4-2-3-5-16(15)23-11-17-19-12-22-20-17/h2-10,12H,11H2,1H3. The lowest BCUT2D eigenvalue weighted by Crippen LogP contribution is -1.85. The number of thioether (sulfide) groups is 1. The van der Waals surface area contributed by atoms with Crippen molar-refractivity contribution in [2.45, 2.75) is 10.6 Å². The number of benzene rings is 2. The Balaban J connectivity index is 1.72. The van der Waals surface area contributed by atoms with Crippen LogP contribution in [0.4, 0.5) is 5.69 Å². The molecule has 0 unspecified atom stereocenters. The van der Waals surface area contributed by atoms with E-state index in [0.717, 1.165) is 21.9 Å². The van der Waals surface area contributed by atoms with E-state index in [-0.39, 0.29) is 0 Å². The van der Waals surface area contributed by atoms with E-state index in [1.807, 2.05) is 54.7 Å². The van der Waals surface area contributed by atoms with E-state index in [4.69, 9.17) is 9.26 Å². The highest BCUT2D eigenvalue weighted by Crippen LogP contribution is 2.31. The van der Waals surface area contributed by atoms with E-state index >= 15 is 0 Å². The number of aliphatic imine (C=N–C) groups is 1. The molecule has 5 nitrogen and oxygen atoms in total. The molecular formula is C17H15N3O2S. The number of hydrogen-bond acceptors (Lipinski definition) is 6. The Morgan fingerprint density at radius 1 is 1.17 bits per heavy atom. The Hall–Kier alpha value is -2.60. The molecule has 23 heavy (non-hydrogen) atoms. The normalized spacial score (nSPS) is 11.0. The zero-order valence-corrected chi connectivity index (χ0v) is 13.4. The van der Waals surface area contributed by atoms with Gasteiger partial charge in [0.1, 0.15) is 5.75 Å². The minimum Gasteiger partial charge on any atom is -0.497 e. The second-order valence-electron chi connectivity index (χ2n) is 4.64. The monoisotopic (exact) mass is 325 g/mol. The average molecular weight is 325 g/mol. The first-order valence-electron chi connectivity index (χ1n) is 7.00. The summed E-state index contributed by atoms with van der Waals surface area (Å²) in [5, 5.41) is 3.81. The molecule has 0 aliphatic heterocycles. The van der Waals surface area contributed by atoms with Gasteiger partial charge in [-0.05, 0) is 42.0 Å². The Bertz CT molecular complexity index is 771. The maximum Gasteiger partial charge on any atom is 0.213 e. The second-order valence-corrected chi connectivity index (χ2v) is 5.65. The van der Waals surface area contributed by atoms with Crippen LogP contribution in [0.2, 0.25) is 0 Å². The van der Waals surface area contributed by atoms with Crippen molar-refractivity contribution in [1.29, 1.82) is 0 Å². The van der Waals surface area contributed by atoms with Crippen molar-refractivity contribution in [2.24, 2.45) is 4.99 Å². The number of nitrogens with zero attached hydrogens (tertiary/aromatic N) is 3. The molecule has 1 heterocycles.